The summed E-state index contributed by atoms with van der Waals surface area (Å²) < 4.78 is 0. The van der Waals surface area contributed by atoms with Crippen LogP contribution in [0.15, 0.2) is 103 Å². The van der Waals surface area contributed by atoms with Crippen LogP contribution in [-0.4, -0.2) is 63.5 Å². The molecule has 0 unspecified atom stereocenters. The fraction of sp³-hybridized carbons (Fsp3) is 0.265. The van der Waals surface area contributed by atoms with E-state index in [-0.39, 0.29) is 30.9 Å². The van der Waals surface area contributed by atoms with Crippen LogP contribution in [0.3, 0.4) is 0 Å². The summed E-state index contributed by atoms with van der Waals surface area (Å²) in [7, 11) is 0. The number of hydrazine groups is 1. The number of piperazine rings is 1. The van der Waals surface area contributed by atoms with E-state index in [0.717, 1.165) is 33.9 Å². The molecular formula is C34H35N5O3. The molecule has 0 aliphatic carbocycles. The van der Waals surface area contributed by atoms with Crippen molar-refractivity contribution in [3.05, 3.63) is 120 Å². The Morgan fingerprint density at radius 2 is 1.55 bits per heavy atom. The summed E-state index contributed by atoms with van der Waals surface area (Å²) in [6.07, 6.45) is 0.106. The van der Waals surface area contributed by atoms with Gasteiger partial charge in [-0.2, -0.15) is 0 Å². The van der Waals surface area contributed by atoms with E-state index in [1.165, 1.54) is 0 Å². The van der Waals surface area contributed by atoms with Gasteiger partial charge in [0, 0.05) is 19.6 Å². The highest BCUT2D eigenvalue weighted by Gasteiger charge is 2.51. The van der Waals surface area contributed by atoms with E-state index in [9.17, 15) is 14.4 Å². The minimum absolute atomic E-state index is 0.0308. The highest BCUT2D eigenvalue weighted by atomic mass is 16.2. The summed E-state index contributed by atoms with van der Waals surface area (Å²) >= 11 is 0. The Balaban J connectivity index is 1.38. The fourth-order valence-electron chi connectivity index (χ4n) is 6.13. The lowest BCUT2D eigenvalue weighted by molar-refractivity contribution is -0.191. The third-order valence-corrected chi connectivity index (χ3v) is 8.05. The van der Waals surface area contributed by atoms with E-state index in [1.807, 2.05) is 96.9 Å². The molecule has 4 aromatic rings. The Labute approximate surface area is 246 Å². The molecule has 2 aliphatic heterocycles. The van der Waals surface area contributed by atoms with Gasteiger partial charge in [0.15, 0.2) is 0 Å². The van der Waals surface area contributed by atoms with Crippen molar-refractivity contribution in [3.63, 3.8) is 0 Å². The van der Waals surface area contributed by atoms with Crippen LogP contribution in [0.4, 0.5) is 4.79 Å². The molecule has 1 N–H and O–H groups in total. The highest BCUT2D eigenvalue weighted by molar-refractivity contribution is 5.93. The lowest BCUT2D eigenvalue weighted by Crippen LogP contribution is -2.74. The molecule has 8 nitrogen and oxygen atoms in total. The maximum Gasteiger partial charge on any atom is 0.334 e. The van der Waals surface area contributed by atoms with Crippen molar-refractivity contribution in [3.8, 4) is 0 Å². The molecular weight excluding hydrogens is 526 g/mol. The predicted octanol–water partition coefficient (Wildman–Crippen LogP) is 4.93. The van der Waals surface area contributed by atoms with Crippen molar-refractivity contribution >= 4 is 28.6 Å². The van der Waals surface area contributed by atoms with Crippen molar-refractivity contribution in [1.82, 2.24) is 25.1 Å². The van der Waals surface area contributed by atoms with Crippen LogP contribution in [-0.2, 0) is 22.7 Å². The molecule has 2 aliphatic rings. The first-order valence-corrected chi connectivity index (χ1v) is 14.5. The zero-order valence-electron chi connectivity index (χ0n) is 23.7. The van der Waals surface area contributed by atoms with Gasteiger partial charge in [0.25, 0.3) is 5.91 Å². The molecule has 0 bridgehead atoms. The largest absolute Gasteiger partial charge is 0.334 e. The molecule has 0 spiro atoms. The zero-order valence-corrected chi connectivity index (χ0v) is 23.7. The number of rotatable bonds is 7. The molecule has 0 aromatic heterocycles. The van der Waals surface area contributed by atoms with Crippen LogP contribution in [0.1, 0.15) is 36.1 Å². The van der Waals surface area contributed by atoms with E-state index >= 15 is 0 Å². The number of nitrogens with zero attached hydrogens (tertiary/aromatic N) is 4. The van der Waals surface area contributed by atoms with E-state index < -0.39 is 12.2 Å². The Morgan fingerprint density at radius 1 is 0.857 bits per heavy atom. The summed E-state index contributed by atoms with van der Waals surface area (Å²) in [6.45, 7) is 3.54. The number of carbonyl (C=O) groups excluding carboxylic acids is 3. The van der Waals surface area contributed by atoms with Crippen LogP contribution in [0.25, 0.3) is 10.8 Å². The molecule has 8 heteroatoms. The van der Waals surface area contributed by atoms with E-state index in [2.05, 4.69) is 23.5 Å². The number of fused-ring (bicyclic) bond motifs is 2. The first-order valence-electron chi connectivity index (χ1n) is 14.5. The molecule has 2 fully saturated rings. The van der Waals surface area contributed by atoms with Crippen molar-refractivity contribution < 1.29 is 14.4 Å². The number of urea groups is 1. The van der Waals surface area contributed by atoms with Crippen molar-refractivity contribution in [1.29, 1.82) is 0 Å². The van der Waals surface area contributed by atoms with E-state index in [4.69, 9.17) is 0 Å². The number of carbonyl (C=O) groups is 3. The molecule has 2 saturated heterocycles. The monoisotopic (exact) mass is 561 g/mol. The maximum absolute atomic E-state index is 14.3. The first kappa shape index (κ1) is 27.5. The summed E-state index contributed by atoms with van der Waals surface area (Å²) in [4.78, 5) is 45.4. The quantitative estimate of drug-likeness (QED) is 0.347. The average molecular weight is 562 g/mol. The van der Waals surface area contributed by atoms with Gasteiger partial charge < -0.3 is 15.1 Å². The highest BCUT2D eigenvalue weighted by Crippen LogP contribution is 2.36. The predicted molar refractivity (Wildman–Crippen MR) is 162 cm³/mol. The number of nitrogens with one attached hydrogen (secondary N) is 1. The number of hydrogen-bond acceptors (Lipinski definition) is 4. The minimum atomic E-state index is -0.833. The van der Waals surface area contributed by atoms with Gasteiger partial charge in [-0.3, -0.25) is 9.59 Å². The van der Waals surface area contributed by atoms with Gasteiger partial charge >= 0.3 is 6.03 Å². The van der Waals surface area contributed by atoms with Crippen LogP contribution in [0.2, 0.25) is 0 Å². The molecule has 214 valence electrons. The Bertz CT molecular complexity index is 1570. The van der Waals surface area contributed by atoms with E-state index in [1.54, 1.807) is 14.8 Å². The Kier molecular flexibility index (Phi) is 7.88. The lowest BCUT2D eigenvalue weighted by Gasteiger charge is -2.55. The average Bonchev–Trinajstić information content (AvgIpc) is 3.02. The van der Waals surface area contributed by atoms with Crippen molar-refractivity contribution in [2.24, 2.45) is 0 Å². The third-order valence-electron chi connectivity index (χ3n) is 8.05. The maximum atomic E-state index is 14.3. The molecule has 4 amide bonds. The summed E-state index contributed by atoms with van der Waals surface area (Å²) in [5.74, 6) is -0.306. The van der Waals surface area contributed by atoms with Gasteiger partial charge in [0.2, 0.25) is 5.91 Å². The molecule has 4 aromatic carbocycles. The number of benzene rings is 4. The number of hydrogen-bond donors (Lipinski definition) is 1. The molecule has 6 rings (SSSR count). The molecule has 0 radical (unpaired) electrons. The van der Waals surface area contributed by atoms with Gasteiger partial charge in [-0.1, -0.05) is 110 Å². The van der Waals surface area contributed by atoms with E-state index in [0.29, 0.717) is 19.6 Å². The topological polar surface area (TPSA) is 76.2 Å². The second-order valence-corrected chi connectivity index (χ2v) is 10.8. The Morgan fingerprint density at radius 3 is 2.31 bits per heavy atom. The minimum Gasteiger partial charge on any atom is -0.333 e. The standard InChI is InChI=1S/C34H35N5O3/c1-2-20-37-24-31(40)38-30(39(37)34(42)35-21-25-12-5-3-6-13-25)23-36(33(41)32(38)27-15-7-4-8-16-27)22-28-18-11-17-26-14-9-10-19-29(26)28/h3-19,30,32H,2,20-24H2,1H3,(H,35,42)/t30-,32-/m0/s1. The second kappa shape index (κ2) is 12.0. The smallest absolute Gasteiger partial charge is 0.333 e. The van der Waals surface area contributed by atoms with Crippen LogP contribution in [0, 0.1) is 0 Å². The normalized spacial score (nSPS) is 19.2. The second-order valence-electron chi connectivity index (χ2n) is 10.8. The number of amides is 4. The van der Waals surface area contributed by atoms with Crippen molar-refractivity contribution in [2.75, 3.05) is 19.6 Å². The Hall–Kier alpha value is -4.69. The van der Waals surface area contributed by atoms with Crippen molar-refractivity contribution in [2.45, 2.75) is 38.6 Å². The van der Waals surface area contributed by atoms with Gasteiger partial charge in [-0.05, 0) is 33.9 Å². The van der Waals surface area contributed by atoms with Crippen LogP contribution >= 0.6 is 0 Å². The lowest BCUT2D eigenvalue weighted by atomic mass is 9.97. The fourth-order valence-corrected chi connectivity index (χ4v) is 6.13. The summed E-state index contributed by atoms with van der Waals surface area (Å²) in [5.41, 5.74) is 2.74. The summed E-state index contributed by atoms with van der Waals surface area (Å²) in [5, 5.41) is 8.75. The SMILES string of the molecule is CCCN1CC(=O)N2[C@@H](c3ccccc3)C(=O)N(Cc3cccc4ccccc34)C[C@@H]2N1C(=O)NCc1ccccc1. The van der Waals surface area contributed by atoms with Crippen LogP contribution < -0.4 is 5.32 Å². The van der Waals surface area contributed by atoms with Crippen LogP contribution in [0.5, 0.6) is 0 Å². The first-order chi connectivity index (χ1) is 20.5. The van der Waals surface area contributed by atoms with Gasteiger partial charge in [-0.25, -0.2) is 14.8 Å². The molecule has 0 saturated carbocycles. The molecule has 2 atom stereocenters. The third kappa shape index (κ3) is 5.33. The van der Waals surface area contributed by atoms with Gasteiger partial charge in [-0.15, -0.1) is 0 Å². The molecule has 42 heavy (non-hydrogen) atoms. The molecule has 2 heterocycles. The zero-order chi connectivity index (χ0) is 29.1. The van der Waals surface area contributed by atoms with Gasteiger partial charge in [0.1, 0.15) is 12.2 Å². The van der Waals surface area contributed by atoms with Gasteiger partial charge in [0.05, 0.1) is 13.1 Å². The summed E-state index contributed by atoms with van der Waals surface area (Å²) in [6, 6.07) is 32.3.